The SMILES string of the molecule is C=CC1(C)C=CC=CC1C(C)(C)OCC(O)(C(F)(F)F)C(F)(F)F. The molecule has 0 aromatic carbocycles. The first kappa shape index (κ1) is 20.8. The molecule has 0 heterocycles. The van der Waals surface area contributed by atoms with Gasteiger partial charge in [-0.2, -0.15) is 26.3 Å². The second kappa shape index (κ2) is 6.22. The van der Waals surface area contributed by atoms with Crippen molar-refractivity contribution in [1.82, 2.24) is 0 Å². The summed E-state index contributed by atoms with van der Waals surface area (Å²) in [6.45, 7) is 6.18. The van der Waals surface area contributed by atoms with Crippen molar-refractivity contribution in [2.45, 2.75) is 44.3 Å². The van der Waals surface area contributed by atoms with Crippen molar-refractivity contribution in [3.05, 3.63) is 37.0 Å². The minimum absolute atomic E-state index is 0.571. The highest BCUT2D eigenvalue weighted by Crippen LogP contribution is 2.46. The van der Waals surface area contributed by atoms with E-state index in [-0.39, 0.29) is 0 Å². The van der Waals surface area contributed by atoms with E-state index in [4.69, 9.17) is 4.74 Å². The second-order valence-corrected chi connectivity index (χ2v) is 6.54. The molecule has 0 saturated carbocycles. The van der Waals surface area contributed by atoms with E-state index >= 15 is 0 Å². The highest BCUT2D eigenvalue weighted by Gasteiger charge is 2.71. The molecule has 0 spiro atoms. The molecule has 0 fully saturated rings. The van der Waals surface area contributed by atoms with E-state index in [1.54, 1.807) is 37.3 Å². The van der Waals surface area contributed by atoms with Gasteiger partial charge in [-0.05, 0) is 13.8 Å². The maximum atomic E-state index is 12.7. The summed E-state index contributed by atoms with van der Waals surface area (Å²) >= 11 is 0. The zero-order valence-corrected chi connectivity index (χ0v) is 13.5. The average molecular weight is 358 g/mol. The zero-order valence-electron chi connectivity index (χ0n) is 13.5. The van der Waals surface area contributed by atoms with Gasteiger partial charge in [-0.3, -0.25) is 0 Å². The summed E-state index contributed by atoms with van der Waals surface area (Å²) in [4.78, 5) is 0. The summed E-state index contributed by atoms with van der Waals surface area (Å²) in [5.41, 5.74) is -7.07. The van der Waals surface area contributed by atoms with Crippen LogP contribution in [-0.4, -0.2) is 35.3 Å². The first-order valence-corrected chi connectivity index (χ1v) is 7.10. The third-order valence-electron chi connectivity index (χ3n) is 4.32. The molecule has 2 atom stereocenters. The molecule has 1 rings (SSSR count). The Morgan fingerprint density at radius 1 is 1.12 bits per heavy atom. The molecule has 0 bridgehead atoms. The molecule has 2 nitrogen and oxygen atoms in total. The van der Waals surface area contributed by atoms with Gasteiger partial charge in [0.25, 0.3) is 5.60 Å². The number of ether oxygens (including phenoxy) is 1. The lowest BCUT2D eigenvalue weighted by molar-refractivity contribution is -0.383. The molecule has 0 amide bonds. The normalized spacial score (nSPS) is 25.8. The van der Waals surface area contributed by atoms with E-state index in [0.29, 0.717) is 0 Å². The number of allylic oxidation sites excluding steroid dienone is 4. The predicted octanol–water partition coefficient (Wildman–Crippen LogP) is 4.57. The third kappa shape index (κ3) is 3.69. The van der Waals surface area contributed by atoms with Gasteiger partial charge in [0.2, 0.25) is 0 Å². The zero-order chi connectivity index (χ0) is 19.0. The number of aliphatic hydroxyl groups is 1. The highest BCUT2D eigenvalue weighted by molar-refractivity contribution is 5.26. The van der Waals surface area contributed by atoms with Gasteiger partial charge in [-0.15, -0.1) is 6.58 Å². The van der Waals surface area contributed by atoms with Crippen LogP contribution in [0.15, 0.2) is 37.0 Å². The van der Waals surface area contributed by atoms with Gasteiger partial charge >= 0.3 is 12.4 Å². The lowest BCUT2D eigenvalue weighted by Gasteiger charge is -2.44. The topological polar surface area (TPSA) is 29.5 Å². The summed E-state index contributed by atoms with van der Waals surface area (Å²) in [5.74, 6) is -0.571. The molecule has 0 aliphatic heterocycles. The van der Waals surface area contributed by atoms with Crippen LogP contribution in [0.2, 0.25) is 0 Å². The maximum absolute atomic E-state index is 12.7. The van der Waals surface area contributed by atoms with E-state index in [1.165, 1.54) is 13.8 Å². The monoisotopic (exact) mass is 358 g/mol. The molecule has 0 aromatic rings. The van der Waals surface area contributed by atoms with Crippen molar-refractivity contribution >= 4 is 0 Å². The Hall–Kier alpha value is -1.28. The van der Waals surface area contributed by atoms with Gasteiger partial charge < -0.3 is 9.84 Å². The van der Waals surface area contributed by atoms with Crippen molar-refractivity contribution in [2.24, 2.45) is 11.3 Å². The lowest BCUT2D eigenvalue weighted by atomic mass is 9.67. The Morgan fingerprint density at radius 2 is 1.62 bits per heavy atom. The Bertz CT molecular complexity index is 516. The second-order valence-electron chi connectivity index (χ2n) is 6.54. The van der Waals surface area contributed by atoms with Crippen LogP contribution in [0.3, 0.4) is 0 Å². The van der Waals surface area contributed by atoms with Crippen LogP contribution < -0.4 is 0 Å². The van der Waals surface area contributed by atoms with Gasteiger partial charge in [0.15, 0.2) is 0 Å². The first-order chi connectivity index (χ1) is 10.6. The molecule has 138 valence electrons. The first-order valence-electron chi connectivity index (χ1n) is 7.10. The molecule has 0 saturated heterocycles. The van der Waals surface area contributed by atoms with Crippen LogP contribution in [0.25, 0.3) is 0 Å². The van der Waals surface area contributed by atoms with E-state index in [0.717, 1.165) is 0 Å². The Balaban J connectivity index is 3.08. The predicted molar refractivity (Wildman–Crippen MR) is 77.2 cm³/mol. The van der Waals surface area contributed by atoms with E-state index in [2.05, 4.69) is 6.58 Å². The molecule has 0 aromatic heterocycles. The number of rotatable bonds is 5. The largest absolute Gasteiger partial charge is 0.428 e. The maximum Gasteiger partial charge on any atom is 0.428 e. The van der Waals surface area contributed by atoms with Gasteiger partial charge in [0.05, 0.1) is 12.2 Å². The molecule has 0 radical (unpaired) electrons. The van der Waals surface area contributed by atoms with Crippen LogP contribution in [0.1, 0.15) is 20.8 Å². The van der Waals surface area contributed by atoms with Crippen LogP contribution in [0.5, 0.6) is 0 Å². The fourth-order valence-electron chi connectivity index (χ4n) is 2.63. The van der Waals surface area contributed by atoms with Crippen molar-refractivity contribution in [1.29, 1.82) is 0 Å². The Labute approximate surface area is 136 Å². The summed E-state index contributed by atoms with van der Waals surface area (Å²) in [6, 6.07) is 0. The summed E-state index contributed by atoms with van der Waals surface area (Å²) in [7, 11) is 0. The summed E-state index contributed by atoms with van der Waals surface area (Å²) < 4.78 is 81.4. The van der Waals surface area contributed by atoms with E-state index in [9.17, 15) is 31.4 Å². The van der Waals surface area contributed by atoms with Crippen LogP contribution in [-0.2, 0) is 4.74 Å². The summed E-state index contributed by atoms with van der Waals surface area (Å²) in [5, 5.41) is 9.21. The summed E-state index contributed by atoms with van der Waals surface area (Å²) in [6.07, 6.45) is -3.59. The van der Waals surface area contributed by atoms with Crippen LogP contribution in [0, 0.1) is 11.3 Å². The van der Waals surface area contributed by atoms with Gasteiger partial charge in [-0.25, -0.2) is 0 Å². The van der Waals surface area contributed by atoms with Crippen molar-refractivity contribution in [3.8, 4) is 0 Å². The molecular formula is C16H20F6O2. The molecule has 1 N–H and O–H groups in total. The third-order valence-corrected chi connectivity index (χ3v) is 4.32. The lowest BCUT2D eigenvalue weighted by Crippen LogP contribution is -2.61. The van der Waals surface area contributed by atoms with Gasteiger partial charge in [-0.1, -0.05) is 37.3 Å². The number of hydrogen-bond acceptors (Lipinski definition) is 2. The minimum atomic E-state index is -5.91. The van der Waals surface area contributed by atoms with Gasteiger partial charge in [0, 0.05) is 11.3 Å². The molecule has 1 aliphatic carbocycles. The van der Waals surface area contributed by atoms with Crippen molar-refractivity contribution in [2.75, 3.05) is 6.61 Å². The van der Waals surface area contributed by atoms with E-state index < -0.39 is 41.5 Å². The fourth-order valence-corrected chi connectivity index (χ4v) is 2.63. The molecule has 2 unspecified atom stereocenters. The van der Waals surface area contributed by atoms with Crippen molar-refractivity contribution < 1.29 is 36.2 Å². The van der Waals surface area contributed by atoms with Gasteiger partial charge in [0.1, 0.15) is 0 Å². The average Bonchev–Trinajstić information content (AvgIpc) is 2.42. The van der Waals surface area contributed by atoms with E-state index in [1.807, 2.05) is 0 Å². The molecule has 1 aliphatic rings. The smallest absolute Gasteiger partial charge is 0.372 e. The number of alkyl halides is 6. The van der Waals surface area contributed by atoms with Crippen LogP contribution in [0.4, 0.5) is 26.3 Å². The highest BCUT2D eigenvalue weighted by atomic mass is 19.4. The van der Waals surface area contributed by atoms with Crippen LogP contribution >= 0.6 is 0 Å². The van der Waals surface area contributed by atoms with Crippen molar-refractivity contribution in [3.63, 3.8) is 0 Å². The minimum Gasteiger partial charge on any atom is -0.372 e. The molecular weight excluding hydrogens is 338 g/mol. The Kier molecular flexibility index (Phi) is 5.38. The number of hydrogen-bond donors (Lipinski definition) is 1. The molecule has 8 heteroatoms. The quantitative estimate of drug-likeness (QED) is 0.576. The standard InChI is InChI=1S/C16H20F6O2/c1-5-13(4)9-7-6-8-11(13)12(2,3)24-10-14(23,15(17,18)19)16(20,21)22/h5-9,11,23H,1,10H2,2-4H3. The molecule has 24 heavy (non-hydrogen) atoms. The fraction of sp³-hybridized carbons (Fsp3) is 0.625. The Morgan fingerprint density at radius 3 is 2.04 bits per heavy atom. The number of halogens is 6.